The fourth-order valence-corrected chi connectivity index (χ4v) is 19.4. The number of fused-ring (bicyclic) bond motifs is 16. The van der Waals surface area contributed by atoms with E-state index < -0.39 is 0 Å². The number of furan rings is 2. The minimum Gasteiger partial charge on any atom is -0.456 e. The van der Waals surface area contributed by atoms with Gasteiger partial charge in [0, 0.05) is 88.3 Å². The van der Waals surface area contributed by atoms with Gasteiger partial charge in [-0.3, -0.25) is 0 Å². The Labute approximate surface area is 740 Å². The first kappa shape index (κ1) is 74.7. The lowest BCUT2D eigenvalue weighted by molar-refractivity contribution is 0.669. The SMILES string of the molecule is c1ccc(-c2ccc(N(c3ccc(-c4ccc(-c5ccc(-c6ccc7c(c6)c6ccccc6n7-c6ccccc6)cc5)cc4)cc3)c3cccc4c3ccc3oc5ccccc5c34)cc2)cc1.c1ccc(-c2ccc(N(c3ccc(-c4ccc(-c5ccc(-n6c7ccccc7c7ccccc76)cc5)cc4)cc3)c3ccc4c(ccc5oc6ccccc6c54)c3)cc2)cc1. The lowest BCUT2D eigenvalue weighted by Gasteiger charge is -2.27. The molecule has 25 aromatic rings. The van der Waals surface area contributed by atoms with Crippen LogP contribution >= 0.6 is 0 Å². The van der Waals surface area contributed by atoms with E-state index in [1.165, 1.54) is 143 Å². The van der Waals surface area contributed by atoms with Crippen LogP contribution in [0.15, 0.2) is 494 Å². The summed E-state index contributed by atoms with van der Waals surface area (Å²) < 4.78 is 17.3. The van der Waals surface area contributed by atoms with E-state index in [0.717, 1.165) is 89.1 Å². The number of rotatable bonds is 15. The Morgan fingerprint density at radius 3 is 0.914 bits per heavy atom. The van der Waals surface area contributed by atoms with Gasteiger partial charge in [-0.1, -0.05) is 334 Å². The first-order valence-electron chi connectivity index (χ1n) is 43.7. The van der Waals surface area contributed by atoms with Crippen molar-refractivity contribution < 1.29 is 8.83 Å². The molecule has 0 saturated heterocycles. The predicted octanol–water partition coefficient (Wildman–Crippen LogP) is 34.3. The number of aromatic nitrogens is 2. The normalized spacial score (nSPS) is 11.6. The Balaban J connectivity index is 0.000000143. The van der Waals surface area contributed by atoms with E-state index in [0.29, 0.717) is 0 Å². The van der Waals surface area contributed by atoms with Crippen LogP contribution in [0, 0.1) is 0 Å². The molecule has 0 aliphatic rings. The van der Waals surface area contributed by atoms with Gasteiger partial charge in [0.2, 0.25) is 0 Å². The van der Waals surface area contributed by atoms with E-state index >= 15 is 0 Å². The molecule has 0 aliphatic heterocycles. The molecule has 21 aromatic carbocycles. The van der Waals surface area contributed by atoms with Crippen LogP contribution in [0.5, 0.6) is 0 Å². The van der Waals surface area contributed by atoms with Crippen molar-refractivity contribution in [3.05, 3.63) is 485 Å². The monoisotopic (exact) mass is 1630 g/mol. The number of para-hydroxylation sites is 6. The smallest absolute Gasteiger partial charge is 0.136 e. The Bertz CT molecular complexity index is 8420. The second kappa shape index (κ2) is 31.7. The van der Waals surface area contributed by atoms with Gasteiger partial charge in [-0.25, -0.2) is 0 Å². The summed E-state index contributed by atoms with van der Waals surface area (Å²) >= 11 is 0. The molecule has 0 amide bonds. The quantitative estimate of drug-likeness (QED) is 0.103. The van der Waals surface area contributed by atoms with E-state index in [4.69, 9.17) is 8.83 Å². The van der Waals surface area contributed by atoms with Gasteiger partial charge in [0.15, 0.2) is 0 Å². The van der Waals surface area contributed by atoms with E-state index in [1.807, 2.05) is 24.3 Å². The third-order valence-corrected chi connectivity index (χ3v) is 25.6. The average Bonchev–Trinajstić information content (AvgIpc) is 1.67. The number of hydrogen-bond donors (Lipinski definition) is 0. The molecule has 6 nitrogen and oxygen atoms in total. The summed E-state index contributed by atoms with van der Waals surface area (Å²) in [6, 6.07) is 175. The molecule has 0 unspecified atom stereocenters. The molecule has 0 bridgehead atoms. The standard InChI is InChI=1S/C64H42N2O.C58H38N2O/c1-3-12-43(13-4-1)47-30-35-52(36-31-47)65(59-20-11-18-56-55(59)39-41-63-64(56)57-17-8-10-21-62(57)67-63)53-37-32-48(33-38-53)46-24-22-44(23-25-46)45-26-28-49(29-27-45)50-34-40-61-58(42-50)54-16-7-9-19-60(54)66(61)51-14-5-2-6-15-51;1-2-10-39(11-3-1)42-22-29-46(30-23-42)59(49-35-36-50-45(38-49)28-37-57-58(50)53-14-6-9-17-56(53)61-57)47-31-24-43(25-32-47)40-18-20-41(21-19-40)44-26-33-48(34-27-44)60-54-15-7-4-12-51(54)52-13-5-8-16-55(52)60/h1-42H;1-38H. The molecule has 0 atom stereocenters. The Morgan fingerprint density at radius 1 is 0.156 bits per heavy atom. The van der Waals surface area contributed by atoms with Crippen molar-refractivity contribution in [1.82, 2.24) is 9.13 Å². The van der Waals surface area contributed by atoms with Crippen molar-refractivity contribution in [1.29, 1.82) is 0 Å². The van der Waals surface area contributed by atoms with Crippen LogP contribution in [0.3, 0.4) is 0 Å². The van der Waals surface area contributed by atoms with Gasteiger partial charge >= 0.3 is 0 Å². The topological polar surface area (TPSA) is 42.6 Å². The molecular formula is C122H80N4O2. The molecule has 0 spiro atoms. The van der Waals surface area contributed by atoms with E-state index in [-0.39, 0.29) is 0 Å². The van der Waals surface area contributed by atoms with Gasteiger partial charge in [0.05, 0.1) is 27.8 Å². The summed E-state index contributed by atoms with van der Waals surface area (Å²) in [5.41, 5.74) is 34.0. The number of benzene rings is 21. The number of nitrogens with zero attached hydrogens (tertiary/aromatic N) is 4. The molecule has 6 heteroatoms. The third-order valence-electron chi connectivity index (χ3n) is 25.6. The van der Waals surface area contributed by atoms with Gasteiger partial charge in [-0.15, -0.1) is 0 Å². The molecule has 0 saturated carbocycles. The molecule has 25 rings (SSSR count). The minimum atomic E-state index is 0.898. The van der Waals surface area contributed by atoms with Crippen LogP contribution in [0.2, 0.25) is 0 Å². The molecule has 600 valence electrons. The number of hydrogen-bond acceptors (Lipinski definition) is 4. The zero-order valence-electron chi connectivity index (χ0n) is 69.8. The van der Waals surface area contributed by atoms with E-state index in [1.54, 1.807) is 0 Å². The molecule has 0 radical (unpaired) electrons. The van der Waals surface area contributed by atoms with Crippen LogP contribution < -0.4 is 9.80 Å². The molecule has 0 N–H and O–H groups in total. The van der Waals surface area contributed by atoms with Gasteiger partial charge in [-0.05, 0) is 246 Å². The first-order valence-corrected chi connectivity index (χ1v) is 43.7. The molecule has 128 heavy (non-hydrogen) atoms. The van der Waals surface area contributed by atoms with Crippen molar-refractivity contribution in [2.24, 2.45) is 0 Å². The average molecular weight is 1630 g/mol. The Hall–Kier alpha value is -17.1. The highest BCUT2D eigenvalue weighted by molar-refractivity contribution is 6.22. The summed E-state index contributed by atoms with van der Waals surface area (Å²) in [5, 5.41) is 14.3. The second-order valence-corrected chi connectivity index (χ2v) is 33.0. The third kappa shape index (κ3) is 13.4. The fraction of sp³-hybridized carbons (Fsp3) is 0. The van der Waals surface area contributed by atoms with Gasteiger partial charge in [0.25, 0.3) is 0 Å². The summed E-state index contributed by atoms with van der Waals surface area (Å²) in [7, 11) is 0. The summed E-state index contributed by atoms with van der Waals surface area (Å²) in [4.78, 5) is 4.73. The van der Waals surface area contributed by atoms with Crippen molar-refractivity contribution in [2.45, 2.75) is 0 Å². The zero-order valence-corrected chi connectivity index (χ0v) is 69.8. The van der Waals surface area contributed by atoms with Crippen molar-refractivity contribution in [2.75, 3.05) is 9.80 Å². The largest absolute Gasteiger partial charge is 0.456 e. The van der Waals surface area contributed by atoms with Crippen LogP contribution in [0.4, 0.5) is 34.1 Å². The van der Waals surface area contributed by atoms with Crippen molar-refractivity contribution in [3.63, 3.8) is 0 Å². The van der Waals surface area contributed by atoms with Crippen molar-refractivity contribution >= 4 is 143 Å². The highest BCUT2D eigenvalue weighted by atomic mass is 16.3. The molecule has 0 aliphatic carbocycles. The lowest BCUT2D eigenvalue weighted by atomic mass is 9.97. The molecule has 0 fully saturated rings. The van der Waals surface area contributed by atoms with E-state index in [2.05, 4.69) is 480 Å². The van der Waals surface area contributed by atoms with Crippen LogP contribution in [-0.2, 0) is 0 Å². The maximum Gasteiger partial charge on any atom is 0.136 e. The van der Waals surface area contributed by atoms with Gasteiger partial charge in [-0.2, -0.15) is 0 Å². The van der Waals surface area contributed by atoms with Crippen LogP contribution in [0.1, 0.15) is 0 Å². The molecular weight excluding hydrogens is 1550 g/mol. The van der Waals surface area contributed by atoms with Crippen molar-refractivity contribution in [3.8, 4) is 89.3 Å². The van der Waals surface area contributed by atoms with E-state index in [9.17, 15) is 0 Å². The highest BCUT2D eigenvalue weighted by Crippen LogP contribution is 2.47. The lowest BCUT2D eigenvalue weighted by Crippen LogP contribution is -2.10. The second-order valence-electron chi connectivity index (χ2n) is 33.0. The first-order chi connectivity index (χ1) is 63.4. The number of anilines is 6. The maximum absolute atomic E-state index is 6.31. The molecule has 4 heterocycles. The maximum atomic E-state index is 6.31. The summed E-state index contributed by atoms with van der Waals surface area (Å²) in [6.45, 7) is 0. The fourth-order valence-electron chi connectivity index (χ4n) is 19.4. The molecule has 4 aromatic heterocycles. The van der Waals surface area contributed by atoms with Crippen LogP contribution in [-0.4, -0.2) is 9.13 Å². The Morgan fingerprint density at radius 2 is 0.461 bits per heavy atom. The van der Waals surface area contributed by atoms with Crippen LogP contribution in [0.25, 0.3) is 198 Å². The minimum absolute atomic E-state index is 0.898. The highest BCUT2D eigenvalue weighted by Gasteiger charge is 2.23. The summed E-state index contributed by atoms with van der Waals surface area (Å²) in [6.07, 6.45) is 0. The summed E-state index contributed by atoms with van der Waals surface area (Å²) in [5.74, 6) is 0. The predicted molar refractivity (Wildman–Crippen MR) is 539 cm³/mol. The van der Waals surface area contributed by atoms with Gasteiger partial charge in [0.1, 0.15) is 22.3 Å². The zero-order chi connectivity index (χ0) is 84.5. The van der Waals surface area contributed by atoms with Gasteiger partial charge < -0.3 is 27.8 Å². The Kier molecular flexibility index (Phi) is 18.5.